The van der Waals surface area contributed by atoms with Crippen LogP contribution in [0.1, 0.15) is 69.6 Å². The quantitative estimate of drug-likeness (QED) is 0.890. The van der Waals surface area contributed by atoms with Crippen molar-refractivity contribution in [3.63, 3.8) is 0 Å². The van der Waals surface area contributed by atoms with Crippen LogP contribution in [-0.2, 0) is 5.54 Å². The molecule has 0 spiro atoms. The van der Waals surface area contributed by atoms with E-state index in [1.54, 1.807) is 12.4 Å². The van der Waals surface area contributed by atoms with Crippen LogP contribution in [0.2, 0.25) is 0 Å². The van der Waals surface area contributed by atoms with E-state index in [2.05, 4.69) is 46.5 Å². The van der Waals surface area contributed by atoms with Crippen LogP contribution >= 0.6 is 0 Å². The number of aromatic nitrogens is 4. The second-order valence-electron chi connectivity index (χ2n) is 7.71. The smallest absolute Gasteiger partial charge is 0.319 e. The molecular formula is C18H26N6O. The summed E-state index contributed by atoms with van der Waals surface area (Å²) in [5, 5.41) is 10.3. The summed E-state index contributed by atoms with van der Waals surface area (Å²) in [6.07, 6.45) is 7.63. The molecule has 1 atom stereocenters. The second kappa shape index (κ2) is 6.46. The Labute approximate surface area is 148 Å². The van der Waals surface area contributed by atoms with Crippen LogP contribution < -0.4 is 10.6 Å². The summed E-state index contributed by atoms with van der Waals surface area (Å²) in [5.41, 5.74) is 2.42. The molecule has 2 amide bonds. The van der Waals surface area contributed by atoms with Gasteiger partial charge in [0.05, 0.1) is 35.4 Å². The van der Waals surface area contributed by atoms with Crippen molar-refractivity contribution in [2.45, 2.75) is 65.0 Å². The lowest BCUT2D eigenvalue weighted by Gasteiger charge is -2.19. The molecule has 25 heavy (non-hydrogen) atoms. The summed E-state index contributed by atoms with van der Waals surface area (Å²) in [6.45, 7) is 10.2. The first-order valence-corrected chi connectivity index (χ1v) is 8.70. The Morgan fingerprint density at radius 1 is 1.28 bits per heavy atom. The Kier molecular flexibility index (Phi) is 4.49. The lowest BCUT2D eigenvalue weighted by atomic mass is 10.1. The number of anilines is 1. The summed E-state index contributed by atoms with van der Waals surface area (Å²) in [4.78, 5) is 20.9. The van der Waals surface area contributed by atoms with Crippen LogP contribution in [0.5, 0.6) is 0 Å². The fraction of sp³-hybridized carbons (Fsp3) is 0.556. The van der Waals surface area contributed by atoms with Gasteiger partial charge in [-0.15, -0.1) is 0 Å². The largest absolute Gasteiger partial charge is 0.331 e. The minimum atomic E-state index is -0.279. The lowest BCUT2D eigenvalue weighted by Crippen LogP contribution is -2.31. The monoisotopic (exact) mass is 342 g/mol. The summed E-state index contributed by atoms with van der Waals surface area (Å²) in [7, 11) is 0. The third kappa shape index (κ3) is 4.15. The van der Waals surface area contributed by atoms with Crippen LogP contribution in [-0.4, -0.2) is 25.8 Å². The molecule has 0 bridgehead atoms. The summed E-state index contributed by atoms with van der Waals surface area (Å²) >= 11 is 0. The summed E-state index contributed by atoms with van der Waals surface area (Å²) < 4.78 is 1.93. The Hall–Kier alpha value is -2.44. The Morgan fingerprint density at radius 3 is 2.44 bits per heavy atom. The highest BCUT2D eigenvalue weighted by molar-refractivity contribution is 5.89. The molecule has 2 heterocycles. The molecule has 134 valence electrons. The van der Waals surface area contributed by atoms with Crippen molar-refractivity contribution in [2.75, 3.05) is 5.32 Å². The summed E-state index contributed by atoms with van der Waals surface area (Å²) in [6, 6.07) is -0.430. The highest BCUT2D eigenvalue weighted by Gasteiger charge is 2.26. The number of hydrogen-bond acceptors (Lipinski definition) is 4. The summed E-state index contributed by atoms with van der Waals surface area (Å²) in [5.74, 6) is 1.37. The number of aryl methyl sites for hydroxylation is 1. The van der Waals surface area contributed by atoms with E-state index in [1.165, 1.54) is 0 Å². The van der Waals surface area contributed by atoms with Gasteiger partial charge in [-0.25, -0.2) is 14.8 Å². The molecular weight excluding hydrogens is 316 g/mol. The molecule has 7 heteroatoms. The number of nitrogens with zero attached hydrogens (tertiary/aromatic N) is 4. The molecule has 3 rings (SSSR count). The molecule has 0 unspecified atom stereocenters. The van der Waals surface area contributed by atoms with E-state index in [9.17, 15) is 4.79 Å². The third-order valence-electron chi connectivity index (χ3n) is 4.31. The predicted molar refractivity (Wildman–Crippen MR) is 96.5 cm³/mol. The average Bonchev–Trinajstić information content (AvgIpc) is 3.28. The minimum absolute atomic E-state index is 0.0916. The molecule has 2 aromatic heterocycles. The van der Waals surface area contributed by atoms with E-state index in [0.717, 1.165) is 29.9 Å². The highest BCUT2D eigenvalue weighted by Crippen LogP contribution is 2.37. The number of carbonyl (C=O) groups excluding carboxylic acids is 1. The fourth-order valence-corrected chi connectivity index (χ4v) is 2.64. The van der Waals surface area contributed by atoms with Crippen molar-refractivity contribution in [3.05, 3.63) is 35.7 Å². The number of hydrogen-bond donors (Lipinski definition) is 2. The van der Waals surface area contributed by atoms with Gasteiger partial charge in [0.25, 0.3) is 0 Å². The van der Waals surface area contributed by atoms with Crippen LogP contribution in [0, 0.1) is 6.92 Å². The first kappa shape index (κ1) is 17.4. The van der Waals surface area contributed by atoms with Crippen molar-refractivity contribution in [3.8, 4) is 0 Å². The molecule has 1 aliphatic carbocycles. The topological polar surface area (TPSA) is 84.7 Å². The van der Waals surface area contributed by atoms with Gasteiger partial charge in [0.1, 0.15) is 5.82 Å². The van der Waals surface area contributed by atoms with Crippen molar-refractivity contribution in [1.82, 2.24) is 25.1 Å². The van der Waals surface area contributed by atoms with Gasteiger partial charge in [-0.3, -0.25) is 4.68 Å². The SMILES string of the molecule is Cc1nn(C(C)(C)C)cc1[C@@H](C)NC(=O)Nc1cnc(C2CC2)nc1. The van der Waals surface area contributed by atoms with Gasteiger partial charge in [0, 0.05) is 17.7 Å². The fourth-order valence-electron chi connectivity index (χ4n) is 2.64. The van der Waals surface area contributed by atoms with E-state index in [0.29, 0.717) is 11.6 Å². The van der Waals surface area contributed by atoms with Gasteiger partial charge < -0.3 is 10.6 Å². The average molecular weight is 342 g/mol. The van der Waals surface area contributed by atoms with Gasteiger partial charge in [-0.05, 0) is 47.5 Å². The first-order chi connectivity index (χ1) is 11.7. The Morgan fingerprint density at radius 2 is 1.92 bits per heavy atom. The number of amides is 2. The maximum atomic E-state index is 12.2. The zero-order valence-corrected chi connectivity index (χ0v) is 15.5. The lowest BCUT2D eigenvalue weighted by molar-refractivity contribution is 0.249. The second-order valence-corrected chi connectivity index (χ2v) is 7.71. The maximum absolute atomic E-state index is 12.2. The van der Waals surface area contributed by atoms with E-state index in [4.69, 9.17) is 0 Å². The molecule has 0 aromatic carbocycles. The van der Waals surface area contributed by atoms with Crippen molar-refractivity contribution < 1.29 is 4.79 Å². The number of carbonyl (C=O) groups is 1. The predicted octanol–water partition coefficient (Wildman–Crippen LogP) is 3.50. The molecule has 2 aromatic rings. The Balaban J connectivity index is 1.61. The van der Waals surface area contributed by atoms with Gasteiger partial charge in [-0.2, -0.15) is 5.10 Å². The first-order valence-electron chi connectivity index (χ1n) is 8.70. The van der Waals surface area contributed by atoms with Crippen molar-refractivity contribution in [1.29, 1.82) is 0 Å². The number of nitrogens with one attached hydrogen (secondary N) is 2. The van der Waals surface area contributed by atoms with Gasteiger partial charge in [0.15, 0.2) is 0 Å². The highest BCUT2D eigenvalue weighted by atomic mass is 16.2. The van der Waals surface area contributed by atoms with E-state index in [-0.39, 0.29) is 17.6 Å². The zero-order valence-electron chi connectivity index (χ0n) is 15.5. The van der Waals surface area contributed by atoms with Crippen LogP contribution in [0.25, 0.3) is 0 Å². The van der Waals surface area contributed by atoms with Gasteiger partial charge >= 0.3 is 6.03 Å². The molecule has 2 N–H and O–H groups in total. The van der Waals surface area contributed by atoms with E-state index < -0.39 is 0 Å². The van der Waals surface area contributed by atoms with Crippen LogP contribution in [0.4, 0.5) is 10.5 Å². The van der Waals surface area contributed by atoms with E-state index >= 15 is 0 Å². The maximum Gasteiger partial charge on any atom is 0.319 e. The molecule has 1 saturated carbocycles. The van der Waals surface area contributed by atoms with Crippen molar-refractivity contribution in [2.24, 2.45) is 0 Å². The van der Waals surface area contributed by atoms with E-state index in [1.807, 2.05) is 24.7 Å². The minimum Gasteiger partial charge on any atom is -0.331 e. The standard InChI is InChI=1S/C18H26N6O/c1-11(15-10-24(18(3,4)5)23-12(15)2)21-17(25)22-14-8-19-16(20-9-14)13-6-7-13/h8-11,13H,6-7H2,1-5H3,(H2,21,22,25)/t11-/m1/s1. The van der Waals surface area contributed by atoms with Gasteiger partial charge in [0.2, 0.25) is 0 Å². The molecule has 7 nitrogen and oxygen atoms in total. The number of rotatable bonds is 4. The van der Waals surface area contributed by atoms with Crippen LogP contribution in [0.3, 0.4) is 0 Å². The molecule has 0 saturated heterocycles. The van der Waals surface area contributed by atoms with Crippen LogP contribution in [0.15, 0.2) is 18.6 Å². The van der Waals surface area contributed by atoms with Crippen molar-refractivity contribution >= 4 is 11.7 Å². The molecule has 0 aliphatic heterocycles. The molecule has 1 fully saturated rings. The third-order valence-corrected chi connectivity index (χ3v) is 4.31. The zero-order chi connectivity index (χ0) is 18.2. The molecule has 1 aliphatic rings. The normalized spacial score (nSPS) is 15.7. The Bertz CT molecular complexity index is 755. The number of urea groups is 1. The molecule has 0 radical (unpaired) electrons. The van der Waals surface area contributed by atoms with Gasteiger partial charge in [-0.1, -0.05) is 0 Å².